The molecule has 2 N–H and O–H groups in total. The average Bonchev–Trinajstić information content (AvgIpc) is 2.84. The fraction of sp³-hybridized carbons (Fsp3) is 0.762. The Labute approximate surface area is 149 Å². The fourth-order valence-corrected chi connectivity index (χ4v) is 6.46. The summed E-state index contributed by atoms with van der Waals surface area (Å²) in [6.07, 6.45) is 10.1. The Morgan fingerprint density at radius 2 is 1.96 bits per heavy atom. The molecule has 8 atom stereocenters. The number of ether oxygens (including phenoxy) is 1. The number of aliphatic hydroxyl groups excluding tert-OH is 2. The molecule has 0 aliphatic heterocycles. The van der Waals surface area contributed by atoms with Crippen LogP contribution in [0.5, 0.6) is 0 Å². The molecule has 2 saturated carbocycles. The van der Waals surface area contributed by atoms with Crippen LogP contribution in [0.3, 0.4) is 0 Å². The van der Waals surface area contributed by atoms with E-state index in [2.05, 4.69) is 26.0 Å². The van der Waals surface area contributed by atoms with Gasteiger partial charge in [0.05, 0.1) is 12.2 Å². The zero-order chi connectivity index (χ0) is 18.0. The van der Waals surface area contributed by atoms with Gasteiger partial charge in [-0.25, -0.2) is 0 Å². The summed E-state index contributed by atoms with van der Waals surface area (Å²) in [5.41, 5.74) is -0.0933. The first-order valence-corrected chi connectivity index (χ1v) is 9.71. The monoisotopic (exact) mass is 346 g/mol. The number of carbonyl (C=O) groups is 1. The quantitative estimate of drug-likeness (QED) is 0.565. The summed E-state index contributed by atoms with van der Waals surface area (Å²) in [6.45, 7) is 5.98. The molecule has 0 amide bonds. The first-order valence-electron chi connectivity index (χ1n) is 9.71. The summed E-state index contributed by atoms with van der Waals surface area (Å²) in [5, 5.41) is 20.7. The zero-order valence-electron chi connectivity index (χ0n) is 15.4. The Morgan fingerprint density at radius 1 is 1.20 bits per heavy atom. The summed E-state index contributed by atoms with van der Waals surface area (Å²) in [6, 6.07) is 0. The van der Waals surface area contributed by atoms with Crippen molar-refractivity contribution in [2.75, 3.05) is 0 Å². The van der Waals surface area contributed by atoms with E-state index in [0.717, 1.165) is 31.4 Å². The van der Waals surface area contributed by atoms with E-state index in [1.807, 2.05) is 6.08 Å². The van der Waals surface area contributed by atoms with Crippen LogP contribution in [0.2, 0.25) is 0 Å². The number of aliphatic hydroxyl groups is 2. The minimum Gasteiger partial charge on any atom is -0.431 e. The molecule has 4 heteroatoms. The lowest BCUT2D eigenvalue weighted by Crippen LogP contribution is -2.53. The molecule has 1 unspecified atom stereocenters. The summed E-state index contributed by atoms with van der Waals surface area (Å²) < 4.78 is 5.71. The second-order valence-electron chi connectivity index (χ2n) is 9.17. The highest BCUT2D eigenvalue weighted by Crippen LogP contribution is 2.65. The molecular weight excluding hydrogens is 316 g/mol. The van der Waals surface area contributed by atoms with E-state index >= 15 is 0 Å². The van der Waals surface area contributed by atoms with Crippen LogP contribution in [-0.4, -0.2) is 28.4 Å². The molecule has 4 nitrogen and oxygen atoms in total. The maximum atomic E-state index is 11.8. The highest BCUT2D eigenvalue weighted by molar-refractivity contribution is 5.67. The smallest absolute Gasteiger partial charge is 0.307 e. The fourth-order valence-electron chi connectivity index (χ4n) is 6.46. The Balaban J connectivity index is 1.79. The van der Waals surface area contributed by atoms with Gasteiger partial charge in [-0.3, -0.25) is 4.79 Å². The van der Waals surface area contributed by atoms with Gasteiger partial charge in [0.25, 0.3) is 0 Å². The van der Waals surface area contributed by atoms with E-state index in [4.69, 9.17) is 4.74 Å². The van der Waals surface area contributed by atoms with E-state index in [0.29, 0.717) is 18.3 Å². The van der Waals surface area contributed by atoms with Crippen molar-refractivity contribution in [3.8, 4) is 0 Å². The topological polar surface area (TPSA) is 66.8 Å². The van der Waals surface area contributed by atoms with Crippen molar-refractivity contribution >= 4 is 5.97 Å². The van der Waals surface area contributed by atoms with Crippen molar-refractivity contribution in [2.45, 2.75) is 65.1 Å². The van der Waals surface area contributed by atoms with Gasteiger partial charge in [0, 0.05) is 12.8 Å². The summed E-state index contributed by atoms with van der Waals surface area (Å²) in [4.78, 5) is 11.8. The van der Waals surface area contributed by atoms with Crippen molar-refractivity contribution in [3.63, 3.8) is 0 Å². The molecule has 0 radical (unpaired) electrons. The van der Waals surface area contributed by atoms with Crippen LogP contribution in [0.1, 0.15) is 52.9 Å². The molecule has 4 aliphatic rings. The minimum atomic E-state index is -0.424. The number of fused-ring (bicyclic) bond motifs is 5. The predicted octanol–water partition coefficient (Wildman–Crippen LogP) is 3.19. The molecule has 0 aromatic heterocycles. The van der Waals surface area contributed by atoms with Gasteiger partial charge < -0.3 is 14.9 Å². The van der Waals surface area contributed by atoms with Crippen molar-refractivity contribution in [1.29, 1.82) is 0 Å². The zero-order valence-corrected chi connectivity index (χ0v) is 15.4. The Bertz CT molecular complexity index is 638. The second-order valence-corrected chi connectivity index (χ2v) is 9.17. The Hall–Kier alpha value is -1.13. The normalized spacial score (nSPS) is 51.2. The van der Waals surface area contributed by atoms with Crippen molar-refractivity contribution in [3.05, 3.63) is 24.0 Å². The average molecular weight is 346 g/mol. The van der Waals surface area contributed by atoms with E-state index < -0.39 is 6.10 Å². The lowest BCUT2D eigenvalue weighted by atomic mass is 9.48. The molecule has 0 aromatic carbocycles. The molecule has 0 bridgehead atoms. The first-order chi connectivity index (χ1) is 11.8. The van der Waals surface area contributed by atoms with E-state index in [9.17, 15) is 15.0 Å². The number of hydrogen-bond donors (Lipinski definition) is 2. The largest absolute Gasteiger partial charge is 0.431 e. The first kappa shape index (κ1) is 17.3. The summed E-state index contributed by atoms with van der Waals surface area (Å²) >= 11 is 0. The maximum absolute atomic E-state index is 11.8. The van der Waals surface area contributed by atoms with Crippen molar-refractivity contribution in [2.24, 2.45) is 34.5 Å². The van der Waals surface area contributed by atoms with Gasteiger partial charge in [0.1, 0.15) is 5.76 Å². The van der Waals surface area contributed by atoms with Crippen LogP contribution in [0.4, 0.5) is 0 Å². The maximum Gasteiger partial charge on any atom is 0.307 e. The number of esters is 1. The molecule has 0 aromatic rings. The standard InChI is InChI=1S/C21H30O4/c1-12(22)25-17-11-13-10-14(23)6-8-20(13,2)16-7-9-21(3)15(19(16)17)4-5-18(21)24/h6,8,11,13-16,18-19,23-24H,4-5,7,9-10H2,1-3H3/t13?,14-,15-,16-,18-,19-,20-,21-/m0/s1. The number of rotatable bonds is 1. The van der Waals surface area contributed by atoms with Crippen molar-refractivity contribution in [1.82, 2.24) is 0 Å². The van der Waals surface area contributed by atoms with Gasteiger partial charge in [-0.1, -0.05) is 26.0 Å². The third-order valence-electron chi connectivity index (χ3n) is 7.95. The van der Waals surface area contributed by atoms with Crippen LogP contribution in [0.15, 0.2) is 24.0 Å². The molecule has 2 fully saturated rings. The number of allylic oxidation sites excluding steroid dienone is 3. The number of carbonyl (C=O) groups excluding carboxylic acids is 1. The van der Waals surface area contributed by atoms with Gasteiger partial charge >= 0.3 is 5.97 Å². The van der Waals surface area contributed by atoms with Crippen LogP contribution >= 0.6 is 0 Å². The van der Waals surface area contributed by atoms with Gasteiger partial charge in [-0.05, 0) is 66.8 Å². The molecule has 0 spiro atoms. The summed E-state index contributed by atoms with van der Waals surface area (Å²) in [7, 11) is 0. The highest BCUT2D eigenvalue weighted by atomic mass is 16.5. The lowest BCUT2D eigenvalue weighted by Gasteiger charge is -2.57. The molecule has 25 heavy (non-hydrogen) atoms. The highest BCUT2D eigenvalue weighted by Gasteiger charge is 2.60. The van der Waals surface area contributed by atoms with Gasteiger partial charge in [0.2, 0.25) is 0 Å². The Kier molecular flexibility index (Phi) is 3.93. The van der Waals surface area contributed by atoms with Gasteiger partial charge in [0.15, 0.2) is 0 Å². The molecule has 138 valence electrons. The summed E-state index contributed by atoms with van der Waals surface area (Å²) in [5.74, 6) is 1.65. The third kappa shape index (κ3) is 2.44. The van der Waals surface area contributed by atoms with Crippen molar-refractivity contribution < 1.29 is 19.7 Å². The molecular formula is C21H30O4. The van der Waals surface area contributed by atoms with Gasteiger partial charge in [-0.15, -0.1) is 0 Å². The van der Waals surface area contributed by atoms with Gasteiger partial charge in [-0.2, -0.15) is 0 Å². The molecule has 4 rings (SSSR count). The van der Waals surface area contributed by atoms with E-state index in [-0.39, 0.29) is 34.7 Å². The third-order valence-corrected chi connectivity index (χ3v) is 7.95. The lowest BCUT2D eigenvalue weighted by molar-refractivity contribution is -0.142. The molecule has 4 aliphatic carbocycles. The van der Waals surface area contributed by atoms with Crippen LogP contribution < -0.4 is 0 Å². The van der Waals surface area contributed by atoms with Crippen LogP contribution in [0.25, 0.3) is 0 Å². The molecule has 0 heterocycles. The number of hydrogen-bond acceptors (Lipinski definition) is 4. The van der Waals surface area contributed by atoms with Crippen LogP contribution in [0, 0.1) is 34.5 Å². The minimum absolute atomic E-state index is 0.0115. The van der Waals surface area contributed by atoms with Crippen LogP contribution in [-0.2, 0) is 9.53 Å². The SMILES string of the molecule is CC(=O)OC1=CC2C[C@@H](O)C=C[C@]2(C)[C@H]2CC[C@]3(C)[C@@H](O)CC[C@H]3[C@H]12. The Morgan fingerprint density at radius 3 is 2.68 bits per heavy atom. The molecule has 0 saturated heterocycles. The predicted molar refractivity (Wildman–Crippen MR) is 94.3 cm³/mol. The van der Waals surface area contributed by atoms with E-state index in [1.165, 1.54) is 6.92 Å². The second kappa shape index (κ2) is 5.68. The van der Waals surface area contributed by atoms with E-state index in [1.54, 1.807) is 0 Å².